The monoisotopic (exact) mass is 512 g/mol. The van der Waals surface area contributed by atoms with Gasteiger partial charge in [0.1, 0.15) is 0 Å². The van der Waals surface area contributed by atoms with Crippen molar-refractivity contribution in [3.05, 3.63) is 178 Å². The van der Waals surface area contributed by atoms with Gasteiger partial charge in [0.25, 0.3) is 0 Å². The summed E-state index contributed by atoms with van der Waals surface area (Å²) in [4.78, 5) is 19.9. The minimum absolute atomic E-state index is 0.697. The third-order valence-corrected chi connectivity index (χ3v) is 6.91. The summed E-state index contributed by atoms with van der Waals surface area (Å²) >= 11 is 0. The lowest BCUT2D eigenvalue weighted by Crippen LogP contribution is -2.13. The second kappa shape index (κ2) is 10.4. The van der Waals surface area contributed by atoms with E-state index in [0.29, 0.717) is 11.6 Å². The Bertz CT molecular complexity index is 1670. The number of benzene rings is 5. The maximum atomic E-state index is 4.98. The minimum atomic E-state index is 0.697. The Morgan fingerprint density at radius 2 is 0.475 bits per heavy atom. The van der Waals surface area contributed by atoms with Crippen molar-refractivity contribution in [2.45, 2.75) is 0 Å². The van der Waals surface area contributed by atoms with Gasteiger partial charge in [-0.1, -0.05) is 146 Å². The first-order chi connectivity index (χ1) is 19.8. The predicted molar refractivity (Wildman–Crippen MR) is 164 cm³/mol. The smallest absolute Gasteiger partial charge is 0.160 e. The standard InChI is InChI=1S/C36H24N4/c1-5-13-25(14-6-1)31-32(26-15-7-2-8-16-26)38-35(37-31)29-21-23-30(24-22-29)36-39-33(27-17-9-3-10-18-27)34(40-36)28-19-11-4-12-20-28/h1-24H. The molecule has 40 heavy (non-hydrogen) atoms. The van der Waals surface area contributed by atoms with Gasteiger partial charge in [0.2, 0.25) is 0 Å². The number of aliphatic imine (C=N–C) groups is 4. The maximum Gasteiger partial charge on any atom is 0.160 e. The molecule has 5 aromatic rings. The zero-order valence-electron chi connectivity index (χ0n) is 21.6. The van der Waals surface area contributed by atoms with Crippen molar-refractivity contribution in [2.24, 2.45) is 20.0 Å². The Labute approximate surface area is 232 Å². The second-order valence-electron chi connectivity index (χ2n) is 9.53. The quantitative estimate of drug-likeness (QED) is 0.292. The molecule has 0 aromatic heterocycles. The third-order valence-electron chi connectivity index (χ3n) is 6.91. The number of hydrogen-bond acceptors (Lipinski definition) is 4. The summed E-state index contributed by atoms with van der Waals surface area (Å²) in [6.45, 7) is 0. The van der Waals surface area contributed by atoms with E-state index in [0.717, 1.165) is 55.5 Å². The van der Waals surface area contributed by atoms with Gasteiger partial charge in [-0.15, -0.1) is 0 Å². The predicted octanol–water partition coefficient (Wildman–Crippen LogP) is 5.80. The molecule has 0 radical (unpaired) electrons. The van der Waals surface area contributed by atoms with Crippen LogP contribution in [-0.4, -0.2) is 22.8 Å². The Morgan fingerprint density at radius 3 is 0.700 bits per heavy atom. The molecule has 0 bridgehead atoms. The molecule has 0 saturated carbocycles. The topological polar surface area (TPSA) is 49.4 Å². The molecule has 2 aliphatic heterocycles. The molecular formula is C36H24N4. The highest BCUT2D eigenvalue weighted by Gasteiger charge is 2.22. The largest absolute Gasteiger partial charge is 0.226 e. The molecule has 7 rings (SSSR count). The van der Waals surface area contributed by atoms with Crippen LogP contribution in [0.2, 0.25) is 0 Å². The lowest BCUT2D eigenvalue weighted by molar-refractivity contribution is 1.37. The Balaban J connectivity index is 1.35. The summed E-state index contributed by atoms with van der Waals surface area (Å²) in [6, 6.07) is 49.1. The van der Waals surface area contributed by atoms with Crippen LogP contribution in [0.5, 0.6) is 0 Å². The Hall–Kier alpha value is -5.48. The molecule has 0 spiro atoms. The molecular weight excluding hydrogens is 488 g/mol. The van der Waals surface area contributed by atoms with E-state index in [2.05, 4.69) is 72.8 Å². The molecule has 0 fully saturated rings. The second-order valence-corrected chi connectivity index (χ2v) is 9.53. The molecule has 2 aliphatic rings. The normalized spacial score (nSPS) is 14.5. The lowest BCUT2D eigenvalue weighted by atomic mass is 10.0. The van der Waals surface area contributed by atoms with Gasteiger partial charge in [-0.25, -0.2) is 20.0 Å². The minimum Gasteiger partial charge on any atom is -0.226 e. The first-order valence-electron chi connectivity index (χ1n) is 13.3. The molecule has 5 aromatic carbocycles. The highest BCUT2D eigenvalue weighted by Crippen LogP contribution is 2.22. The van der Waals surface area contributed by atoms with Crippen LogP contribution in [0.4, 0.5) is 0 Å². The van der Waals surface area contributed by atoms with E-state index < -0.39 is 0 Å². The van der Waals surface area contributed by atoms with Crippen molar-refractivity contribution in [1.82, 2.24) is 0 Å². The number of nitrogens with zero attached hydrogens (tertiary/aromatic N) is 4. The molecule has 0 atom stereocenters. The average molecular weight is 513 g/mol. The van der Waals surface area contributed by atoms with Crippen LogP contribution in [-0.2, 0) is 0 Å². The zero-order chi connectivity index (χ0) is 26.7. The van der Waals surface area contributed by atoms with Gasteiger partial charge in [-0.3, -0.25) is 0 Å². The van der Waals surface area contributed by atoms with Gasteiger partial charge in [-0.2, -0.15) is 0 Å². The molecule has 4 heteroatoms. The van der Waals surface area contributed by atoms with Crippen molar-refractivity contribution in [1.29, 1.82) is 0 Å². The van der Waals surface area contributed by atoms with E-state index in [4.69, 9.17) is 20.0 Å². The van der Waals surface area contributed by atoms with Crippen LogP contribution in [0.25, 0.3) is 11.6 Å². The van der Waals surface area contributed by atoms with Gasteiger partial charge >= 0.3 is 0 Å². The molecule has 2 heterocycles. The summed E-state index contributed by atoms with van der Waals surface area (Å²) in [5, 5.41) is 1.89. The summed E-state index contributed by atoms with van der Waals surface area (Å²) in [7, 11) is 0. The molecule has 0 saturated heterocycles. The van der Waals surface area contributed by atoms with Crippen molar-refractivity contribution >= 4 is 34.5 Å². The molecule has 0 amide bonds. The van der Waals surface area contributed by atoms with Gasteiger partial charge in [0, 0.05) is 32.7 Å². The molecule has 0 aliphatic carbocycles. The number of hydrogen-bond donors (Lipinski definition) is 0. The summed E-state index contributed by atoms with van der Waals surface area (Å²) < 4.78 is 0. The summed E-state index contributed by atoms with van der Waals surface area (Å²) in [5.41, 5.74) is 7.70. The maximum absolute atomic E-state index is 4.98. The summed E-state index contributed by atoms with van der Waals surface area (Å²) in [6.07, 6.45) is 0. The molecule has 0 N–H and O–H groups in total. The molecule has 0 unspecified atom stereocenters. The van der Waals surface area contributed by atoms with Crippen LogP contribution < -0.4 is 10.4 Å². The van der Waals surface area contributed by atoms with Crippen molar-refractivity contribution in [3.8, 4) is 0 Å². The highest BCUT2D eigenvalue weighted by atomic mass is 15.0. The third kappa shape index (κ3) is 4.52. The average Bonchev–Trinajstić information content (AvgIpc) is 3.69. The first kappa shape index (κ1) is 23.6. The van der Waals surface area contributed by atoms with Gasteiger partial charge in [0.15, 0.2) is 11.6 Å². The van der Waals surface area contributed by atoms with E-state index in [-0.39, 0.29) is 0 Å². The van der Waals surface area contributed by atoms with E-state index in [1.807, 2.05) is 72.8 Å². The van der Waals surface area contributed by atoms with Gasteiger partial charge in [0.05, 0.1) is 22.8 Å². The Kier molecular flexibility index (Phi) is 6.11. The lowest BCUT2D eigenvalue weighted by Gasteiger charge is -2.04. The van der Waals surface area contributed by atoms with Crippen LogP contribution in [0.15, 0.2) is 166 Å². The van der Waals surface area contributed by atoms with Crippen LogP contribution >= 0.6 is 0 Å². The molecule has 188 valence electrons. The van der Waals surface area contributed by atoms with Gasteiger partial charge < -0.3 is 0 Å². The van der Waals surface area contributed by atoms with Crippen LogP contribution in [0.1, 0.15) is 22.3 Å². The fourth-order valence-electron chi connectivity index (χ4n) is 4.90. The van der Waals surface area contributed by atoms with E-state index in [1.54, 1.807) is 0 Å². The van der Waals surface area contributed by atoms with E-state index in [1.165, 1.54) is 0 Å². The first-order valence-corrected chi connectivity index (χ1v) is 13.3. The van der Waals surface area contributed by atoms with E-state index in [9.17, 15) is 0 Å². The number of rotatable bonds is 4. The SMILES string of the molecule is c1ccc(C2=NC(=c3ccc(=C4N=C(c5ccccc5)C(c5ccccc5)=N4)cc3)N=C2c2ccccc2)cc1. The van der Waals surface area contributed by atoms with E-state index >= 15 is 0 Å². The van der Waals surface area contributed by atoms with Crippen molar-refractivity contribution in [3.63, 3.8) is 0 Å². The summed E-state index contributed by atoms with van der Waals surface area (Å²) in [5.74, 6) is 1.39. The van der Waals surface area contributed by atoms with Crippen LogP contribution in [0.3, 0.4) is 0 Å². The highest BCUT2D eigenvalue weighted by molar-refractivity contribution is 6.56. The fraction of sp³-hybridized carbons (Fsp3) is 0. The fourth-order valence-corrected chi connectivity index (χ4v) is 4.90. The van der Waals surface area contributed by atoms with Crippen LogP contribution in [0, 0.1) is 0 Å². The van der Waals surface area contributed by atoms with Crippen molar-refractivity contribution < 1.29 is 0 Å². The van der Waals surface area contributed by atoms with Crippen molar-refractivity contribution in [2.75, 3.05) is 0 Å². The zero-order valence-corrected chi connectivity index (χ0v) is 21.6. The Morgan fingerprint density at radius 1 is 0.250 bits per heavy atom. The molecule has 4 nitrogen and oxygen atoms in total. The van der Waals surface area contributed by atoms with Gasteiger partial charge in [-0.05, 0) is 0 Å².